The van der Waals surface area contributed by atoms with Crippen molar-refractivity contribution >= 4 is 34.7 Å². The van der Waals surface area contributed by atoms with Gasteiger partial charge in [0, 0.05) is 25.5 Å². The second-order valence-corrected chi connectivity index (χ2v) is 5.89. The van der Waals surface area contributed by atoms with Gasteiger partial charge in [-0.05, 0) is 54.6 Å². The molecule has 1 aliphatic carbocycles. The highest BCUT2D eigenvalue weighted by atomic mass is 35.5. The van der Waals surface area contributed by atoms with Crippen molar-refractivity contribution < 1.29 is 0 Å². The molecule has 4 N–H and O–H groups in total. The zero-order valence-corrected chi connectivity index (χ0v) is 13.2. The molecular formula is C15H19ClN6. The first-order chi connectivity index (χ1) is 10.6. The molecule has 0 bridgehead atoms. The van der Waals surface area contributed by atoms with E-state index in [2.05, 4.69) is 19.5 Å². The third kappa shape index (κ3) is 2.54. The number of aromatic nitrogens is 3. The van der Waals surface area contributed by atoms with E-state index in [1.807, 2.05) is 18.5 Å². The first kappa shape index (κ1) is 14.8. The van der Waals surface area contributed by atoms with Crippen LogP contribution < -0.4 is 11.5 Å². The maximum absolute atomic E-state index is 5.94. The molecule has 0 spiro atoms. The fourth-order valence-electron chi connectivity index (χ4n) is 3.27. The first-order valence-corrected chi connectivity index (χ1v) is 7.65. The van der Waals surface area contributed by atoms with Crippen LogP contribution in [0.2, 0.25) is 5.28 Å². The van der Waals surface area contributed by atoms with Crippen LogP contribution in [0.25, 0.3) is 11.0 Å². The fraction of sp³-hybridized carbons (Fsp3) is 0.400. The molecule has 2 heterocycles. The quantitative estimate of drug-likeness (QED) is 0.671. The van der Waals surface area contributed by atoms with Crippen LogP contribution in [0.15, 0.2) is 29.0 Å². The predicted molar refractivity (Wildman–Crippen MR) is 90.0 cm³/mol. The lowest BCUT2D eigenvalue weighted by Crippen LogP contribution is -2.08. The van der Waals surface area contributed by atoms with Crippen LogP contribution in [0, 0.1) is 5.92 Å². The average Bonchev–Trinajstić information content (AvgIpc) is 3.11. The minimum atomic E-state index is 0.181. The smallest absolute Gasteiger partial charge is 0.226 e. The highest BCUT2D eigenvalue weighted by Gasteiger charge is 2.29. The predicted octanol–water partition coefficient (Wildman–Crippen LogP) is 2.55. The van der Waals surface area contributed by atoms with Crippen molar-refractivity contribution in [2.45, 2.75) is 25.3 Å². The second-order valence-electron chi connectivity index (χ2n) is 5.56. The van der Waals surface area contributed by atoms with Crippen molar-refractivity contribution in [1.82, 2.24) is 14.5 Å². The maximum Gasteiger partial charge on any atom is 0.226 e. The SMILES string of the molecule is CN=C/C(=C\N)C1CCC(n2ccc3c(N)nc(Cl)nc32)C1. The van der Waals surface area contributed by atoms with Gasteiger partial charge in [-0.15, -0.1) is 0 Å². The number of hydrogen-bond donors (Lipinski definition) is 2. The summed E-state index contributed by atoms with van der Waals surface area (Å²) >= 11 is 5.94. The molecule has 0 saturated heterocycles. The molecular weight excluding hydrogens is 300 g/mol. The standard InChI is InChI=1S/C15H19ClN6/c1-19-8-10(7-17)9-2-3-11(6-9)22-5-4-12-13(18)20-15(16)21-14(12)22/h4-5,7-9,11H,2-3,6,17H2,1H3,(H2,18,20,21)/b10-7+,19-8?. The molecule has 1 fully saturated rings. The Labute approximate surface area is 133 Å². The van der Waals surface area contributed by atoms with Gasteiger partial charge in [-0.25, -0.2) is 4.98 Å². The number of nitrogens with zero attached hydrogens (tertiary/aromatic N) is 4. The normalized spacial score (nSPS) is 22.9. The van der Waals surface area contributed by atoms with E-state index in [1.54, 1.807) is 13.2 Å². The summed E-state index contributed by atoms with van der Waals surface area (Å²) in [6, 6.07) is 2.30. The number of allylic oxidation sites excluding steroid dienone is 1. The fourth-order valence-corrected chi connectivity index (χ4v) is 3.44. The summed E-state index contributed by atoms with van der Waals surface area (Å²) in [7, 11) is 1.76. The van der Waals surface area contributed by atoms with Crippen molar-refractivity contribution in [2.24, 2.45) is 16.6 Å². The number of nitrogen functional groups attached to an aromatic ring is 1. The first-order valence-electron chi connectivity index (χ1n) is 7.27. The Kier molecular flexibility index (Phi) is 4.02. The van der Waals surface area contributed by atoms with Crippen molar-refractivity contribution in [3.63, 3.8) is 0 Å². The van der Waals surface area contributed by atoms with Gasteiger partial charge in [-0.3, -0.25) is 4.99 Å². The topological polar surface area (TPSA) is 95.1 Å². The van der Waals surface area contributed by atoms with Crippen molar-refractivity contribution in [2.75, 3.05) is 12.8 Å². The summed E-state index contributed by atoms with van der Waals surface area (Å²) in [5.41, 5.74) is 13.5. The zero-order chi connectivity index (χ0) is 15.7. The van der Waals surface area contributed by atoms with Gasteiger partial charge in [-0.2, -0.15) is 4.98 Å². The number of nitrogens with two attached hydrogens (primary N) is 2. The van der Waals surface area contributed by atoms with Crippen LogP contribution in [0.3, 0.4) is 0 Å². The molecule has 2 unspecified atom stereocenters. The van der Waals surface area contributed by atoms with Crippen LogP contribution in [-0.4, -0.2) is 27.8 Å². The van der Waals surface area contributed by atoms with Crippen LogP contribution >= 0.6 is 11.6 Å². The zero-order valence-electron chi connectivity index (χ0n) is 12.4. The molecule has 6 nitrogen and oxygen atoms in total. The molecule has 7 heteroatoms. The molecule has 22 heavy (non-hydrogen) atoms. The number of aliphatic imine (C=N–C) groups is 1. The lowest BCUT2D eigenvalue weighted by atomic mass is 9.99. The Hall–Kier alpha value is -2.08. The molecule has 0 radical (unpaired) electrons. The van der Waals surface area contributed by atoms with Gasteiger partial charge in [-0.1, -0.05) is 0 Å². The number of halogens is 1. The average molecular weight is 319 g/mol. The van der Waals surface area contributed by atoms with Crippen LogP contribution in [0.4, 0.5) is 5.82 Å². The second kappa shape index (κ2) is 5.96. The highest BCUT2D eigenvalue weighted by molar-refractivity contribution is 6.28. The minimum Gasteiger partial charge on any atom is -0.404 e. The van der Waals surface area contributed by atoms with Crippen molar-refractivity contribution in [1.29, 1.82) is 0 Å². The monoisotopic (exact) mass is 318 g/mol. The van der Waals surface area contributed by atoms with Crippen LogP contribution in [0.1, 0.15) is 25.3 Å². The largest absolute Gasteiger partial charge is 0.404 e. The summed E-state index contributed by atoms with van der Waals surface area (Å²) in [6.07, 6.45) is 8.65. The summed E-state index contributed by atoms with van der Waals surface area (Å²) < 4.78 is 2.15. The summed E-state index contributed by atoms with van der Waals surface area (Å²) in [5, 5.41) is 1.03. The molecule has 3 rings (SSSR count). The Morgan fingerprint density at radius 2 is 2.27 bits per heavy atom. The van der Waals surface area contributed by atoms with E-state index in [0.29, 0.717) is 17.8 Å². The molecule has 0 aliphatic heterocycles. The highest BCUT2D eigenvalue weighted by Crippen LogP contribution is 2.39. The van der Waals surface area contributed by atoms with Gasteiger partial charge in [0.2, 0.25) is 5.28 Å². The summed E-state index contributed by atoms with van der Waals surface area (Å²) in [6.45, 7) is 0. The van der Waals surface area contributed by atoms with E-state index in [-0.39, 0.29) is 5.28 Å². The third-order valence-electron chi connectivity index (χ3n) is 4.31. The molecule has 116 valence electrons. The van der Waals surface area contributed by atoms with Gasteiger partial charge in [0.1, 0.15) is 11.5 Å². The van der Waals surface area contributed by atoms with Gasteiger partial charge >= 0.3 is 0 Å². The lowest BCUT2D eigenvalue weighted by molar-refractivity contribution is 0.515. The molecule has 2 aromatic rings. The van der Waals surface area contributed by atoms with Gasteiger partial charge in [0.05, 0.1) is 5.39 Å². The maximum atomic E-state index is 5.94. The van der Waals surface area contributed by atoms with Crippen LogP contribution in [-0.2, 0) is 0 Å². The van der Waals surface area contributed by atoms with E-state index >= 15 is 0 Å². The number of fused-ring (bicyclic) bond motifs is 1. The Balaban J connectivity index is 1.91. The number of rotatable bonds is 3. The van der Waals surface area contributed by atoms with E-state index < -0.39 is 0 Å². The van der Waals surface area contributed by atoms with Crippen molar-refractivity contribution in [3.8, 4) is 0 Å². The number of hydrogen-bond acceptors (Lipinski definition) is 5. The van der Waals surface area contributed by atoms with E-state index in [0.717, 1.165) is 35.9 Å². The molecule has 0 aromatic carbocycles. The van der Waals surface area contributed by atoms with E-state index in [9.17, 15) is 0 Å². The summed E-state index contributed by atoms with van der Waals surface area (Å²) in [5.74, 6) is 0.842. The third-order valence-corrected chi connectivity index (χ3v) is 4.48. The molecule has 1 aliphatic rings. The molecule has 1 saturated carbocycles. The lowest BCUT2D eigenvalue weighted by Gasteiger charge is -2.15. The Morgan fingerprint density at radius 1 is 1.45 bits per heavy atom. The molecule has 2 aromatic heterocycles. The molecule has 2 atom stereocenters. The summed E-state index contributed by atoms with van der Waals surface area (Å²) in [4.78, 5) is 12.4. The van der Waals surface area contributed by atoms with E-state index in [1.165, 1.54) is 0 Å². The van der Waals surface area contributed by atoms with Crippen molar-refractivity contribution in [3.05, 3.63) is 29.3 Å². The Morgan fingerprint density at radius 3 is 3.00 bits per heavy atom. The molecule has 0 amide bonds. The van der Waals surface area contributed by atoms with E-state index in [4.69, 9.17) is 23.1 Å². The number of anilines is 1. The van der Waals surface area contributed by atoms with Crippen LogP contribution in [0.5, 0.6) is 0 Å². The van der Waals surface area contributed by atoms with Gasteiger partial charge < -0.3 is 16.0 Å². The Bertz CT molecular complexity index is 748. The van der Waals surface area contributed by atoms with Gasteiger partial charge in [0.15, 0.2) is 0 Å². The minimum absolute atomic E-state index is 0.181. The van der Waals surface area contributed by atoms with Gasteiger partial charge in [0.25, 0.3) is 0 Å².